The summed E-state index contributed by atoms with van der Waals surface area (Å²) in [6.45, 7) is 6.50. The number of hydrogen-bond acceptors (Lipinski definition) is 5. The second kappa shape index (κ2) is 10.5. The number of aliphatic hydroxyl groups is 1. The summed E-state index contributed by atoms with van der Waals surface area (Å²) in [6, 6.07) is 25.1. The molecule has 0 heterocycles. The molecule has 182 valence electrons. The van der Waals surface area contributed by atoms with Crippen molar-refractivity contribution in [1.29, 1.82) is 0 Å². The molecular weight excluding hydrogens is 424 g/mol. The van der Waals surface area contributed by atoms with Crippen LogP contribution in [-0.2, 0) is 10.3 Å². The van der Waals surface area contributed by atoms with Gasteiger partial charge < -0.3 is 24.4 Å². The first-order valence-electron chi connectivity index (χ1n) is 11.7. The molecule has 0 aliphatic heterocycles. The van der Waals surface area contributed by atoms with Crippen molar-refractivity contribution in [3.05, 3.63) is 89.5 Å². The minimum absolute atomic E-state index is 0.0186. The van der Waals surface area contributed by atoms with Gasteiger partial charge in [-0.1, -0.05) is 36.4 Å². The SMILES string of the molecule is CN(C)c1ccc(C(OC(C)(C)C)(c2ccc(OCCO)cc2)c2ccc(N(C)C)cc2)cc1. The van der Waals surface area contributed by atoms with E-state index >= 15 is 0 Å². The molecule has 0 saturated heterocycles. The molecule has 0 bridgehead atoms. The zero-order chi connectivity index (χ0) is 24.9. The fourth-order valence-electron chi connectivity index (χ4n) is 4.07. The molecule has 34 heavy (non-hydrogen) atoms. The van der Waals surface area contributed by atoms with Gasteiger partial charge in [0.05, 0.1) is 12.2 Å². The molecule has 0 aliphatic rings. The van der Waals surface area contributed by atoms with Crippen LogP contribution in [0.2, 0.25) is 0 Å². The van der Waals surface area contributed by atoms with Gasteiger partial charge in [0.2, 0.25) is 0 Å². The van der Waals surface area contributed by atoms with Crippen LogP contribution in [0.1, 0.15) is 37.5 Å². The highest BCUT2D eigenvalue weighted by Crippen LogP contribution is 2.44. The van der Waals surface area contributed by atoms with Gasteiger partial charge in [0, 0.05) is 39.6 Å². The Kier molecular flexibility index (Phi) is 7.90. The van der Waals surface area contributed by atoms with Crippen molar-refractivity contribution in [3.63, 3.8) is 0 Å². The second-order valence-corrected chi connectivity index (χ2v) is 9.87. The molecule has 3 aromatic carbocycles. The minimum atomic E-state index is -0.830. The standard InChI is InChI=1S/C29H38N2O3/c1-28(2,3)34-29(22-8-14-25(15-9-22)30(4)5,23-10-16-26(17-11-23)31(6)7)24-12-18-27(19-13-24)33-21-20-32/h8-19,32H,20-21H2,1-7H3. The third-order valence-electron chi connectivity index (χ3n) is 5.66. The van der Waals surface area contributed by atoms with E-state index in [2.05, 4.69) is 91.2 Å². The van der Waals surface area contributed by atoms with Crippen molar-refractivity contribution < 1.29 is 14.6 Å². The fraction of sp³-hybridized carbons (Fsp3) is 0.379. The van der Waals surface area contributed by atoms with Crippen molar-refractivity contribution in [3.8, 4) is 5.75 Å². The molecule has 3 aromatic rings. The lowest BCUT2D eigenvalue weighted by molar-refractivity contribution is -0.0917. The van der Waals surface area contributed by atoms with Crippen LogP contribution in [0.25, 0.3) is 0 Å². The number of aliphatic hydroxyl groups excluding tert-OH is 1. The quantitative estimate of drug-likeness (QED) is 0.438. The molecule has 0 amide bonds. The largest absolute Gasteiger partial charge is 0.491 e. The molecule has 0 radical (unpaired) electrons. The van der Waals surface area contributed by atoms with E-state index in [1.807, 2.05) is 40.3 Å². The van der Waals surface area contributed by atoms with Crippen molar-refractivity contribution >= 4 is 11.4 Å². The Labute approximate surface area is 204 Å². The first kappa shape index (κ1) is 25.6. The van der Waals surface area contributed by atoms with Crippen molar-refractivity contribution in [2.75, 3.05) is 51.2 Å². The van der Waals surface area contributed by atoms with Crippen molar-refractivity contribution in [2.45, 2.75) is 32.0 Å². The molecule has 1 N–H and O–H groups in total. The summed E-state index contributed by atoms with van der Waals surface area (Å²) in [5.41, 5.74) is 4.11. The predicted molar refractivity (Wildman–Crippen MR) is 141 cm³/mol. The number of ether oxygens (including phenoxy) is 2. The molecule has 0 saturated carbocycles. The van der Waals surface area contributed by atoms with Gasteiger partial charge in [-0.15, -0.1) is 0 Å². The molecule has 0 atom stereocenters. The Bertz CT molecular complexity index is 983. The third kappa shape index (κ3) is 5.72. The van der Waals surface area contributed by atoms with E-state index < -0.39 is 11.2 Å². The van der Waals surface area contributed by atoms with E-state index in [9.17, 15) is 0 Å². The normalized spacial score (nSPS) is 11.9. The molecule has 0 unspecified atom stereocenters. The van der Waals surface area contributed by atoms with Crippen LogP contribution in [0, 0.1) is 0 Å². The monoisotopic (exact) mass is 462 g/mol. The van der Waals surface area contributed by atoms with Gasteiger partial charge in [0.1, 0.15) is 18.0 Å². The summed E-state index contributed by atoms with van der Waals surface area (Å²) in [6.07, 6.45) is 0. The molecule has 0 aromatic heterocycles. The smallest absolute Gasteiger partial charge is 0.144 e. The topological polar surface area (TPSA) is 45.2 Å². The number of rotatable bonds is 9. The zero-order valence-corrected chi connectivity index (χ0v) is 21.5. The Morgan fingerprint density at radius 3 is 1.35 bits per heavy atom. The highest BCUT2D eigenvalue weighted by Gasteiger charge is 2.41. The maximum atomic E-state index is 9.11. The molecule has 0 aliphatic carbocycles. The van der Waals surface area contributed by atoms with Gasteiger partial charge in [-0.25, -0.2) is 0 Å². The fourth-order valence-corrected chi connectivity index (χ4v) is 4.07. The molecular formula is C29H38N2O3. The highest BCUT2D eigenvalue weighted by molar-refractivity contribution is 5.56. The van der Waals surface area contributed by atoms with E-state index in [-0.39, 0.29) is 13.2 Å². The van der Waals surface area contributed by atoms with Gasteiger partial charge in [-0.3, -0.25) is 0 Å². The predicted octanol–water partition coefficient (Wildman–Crippen LogP) is 5.30. The molecule has 0 spiro atoms. The van der Waals surface area contributed by atoms with Crippen LogP contribution < -0.4 is 14.5 Å². The maximum absolute atomic E-state index is 9.11. The lowest BCUT2D eigenvalue weighted by Gasteiger charge is -2.41. The van der Waals surface area contributed by atoms with Crippen LogP contribution in [0.5, 0.6) is 5.75 Å². The Morgan fingerprint density at radius 2 is 1.03 bits per heavy atom. The average Bonchev–Trinajstić information content (AvgIpc) is 2.81. The highest BCUT2D eigenvalue weighted by atomic mass is 16.5. The van der Waals surface area contributed by atoms with E-state index in [0.717, 1.165) is 28.1 Å². The second-order valence-electron chi connectivity index (χ2n) is 9.87. The minimum Gasteiger partial charge on any atom is -0.491 e. The van der Waals surface area contributed by atoms with Crippen LogP contribution >= 0.6 is 0 Å². The summed E-state index contributed by atoms with van der Waals surface area (Å²) in [7, 11) is 8.16. The van der Waals surface area contributed by atoms with Gasteiger partial charge >= 0.3 is 0 Å². The number of anilines is 2. The summed E-state index contributed by atoms with van der Waals surface area (Å²) in [5, 5.41) is 9.11. The Morgan fingerprint density at radius 1 is 0.647 bits per heavy atom. The van der Waals surface area contributed by atoms with E-state index in [1.54, 1.807) is 0 Å². The lowest BCUT2D eigenvalue weighted by Crippen LogP contribution is -2.40. The van der Waals surface area contributed by atoms with Crippen molar-refractivity contribution in [2.24, 2.45) is 0 Å². The number of nitrogens with zero attached hydrogens (tertiary/aromatic N) is 2. The first-order valence-corrected chi connectivity index (χ1v) is 11.7. The first-order chi connectivity index (χ1) is 16.1. The maximum Gasteiger partial charge on any atom is 0.144 e. The van der Waals surface area contributed by atoms with Gasteiger partial charge in [-0.05, 0) is 73.9 Å². The van der Waals surface area contributed by atoms with Gasteiger partial charge in [0.15, 0.2) is 0 Å². The summed E-state index contributed by atoms with van der Waals surface area (Å²) >= 11 is 0. The van der Waals surface area contributed by atoms with E-state index in [4.69, 9.17) is 14.6 Å². The van der Waals surface area contributed by atoms with Crippen LogP contribution in [0.4, 0.5) is 11.4 Å². The van der Waals surface area contributed by atoms with Crippen LogP contribution in [-0.4, -0.2) is 52.1 Å². The number of benzene rings is 3. The summed E-state index contributed by atoms with van der Waals surface area (Å²) in [5.74, 6) is 0.716. The summed E-state index contributed by atoms with van der Waals surface area (Å²) in [4.78, 5) is 4.19. The van der Waals surface area contributed by atoms with Crippen molar-refractivity contribution in [1.82, 2.24) is 0 Å². The molecule has 0 fully saturated rings. The molecule has 5 nitrogen and oxygen atoms in total. The lowest BCUT2D eigenvalue weighted by atomic mass is 9.79. The van der Waals surface area contributed by atoms with Crippen LogP contribution in [0.15, 0.2) is 72.8 Å². The average molecular weight is 463 g/mol. The van der Waals surface area contributed by atoms with E-state index in [1.165, 1.54) is 0 Å². The summed E-state index contributed by atoms with van der Waals surface area (Å²) < 4.78 is 12.6. The zero-order valence-electron chi connectivity index (χ0n) is 21.5. The Balaban J connectivity index is 2.25. The molecule has 3 rings (SSSR count). The Hall–Kier alpha value is -3.02. The van der Waals surface area contributed by atoms with Gasteiger partial charge in [-0.2, -0.15) is 0 Å². The van der Waals surface area contributed by atoms with Crippen LogP contribution in [0.3, 0.4) is 0 Å². The third-order valence-corrected chi connectivity index (χ3v) is 5.66. The van der Waals surface area contributed by atoms with Gasteiger partial charge in [0.25, 0.3) is 0 Å². The van der Waals surface area contributed by atoms with E-state index in [0.29, 0.717) is 5.75 Å². The molecule has 5 heteroatoms. The number of hydrogen-bond donors (Lipinski definition) is 1.